The molecule has 18 heavy (non-hydrogen) atoms. The van der Waals surface area contributed by atoms with Gasteiger partial charge in [-0.05, 0) is 43.5 Å². The number of rotatable bonds is 1. The molecule has 1 aliphatic rings. The van der Waals surface area contributed by atoms with Crippen LogP contribution in [0.1, 0.15) is 28.8 Å². The number of halogens is 2. The van der Waals surface area contributed by atoms with Crippen molar-refractivity contribution in [3.05, 3.63) is 35.1 Å². The van der Waals surface area contributed by atoms with Gasteiger partial charge in [0.1, 0.15) is 5.82 Å². The molecule has 2 rings (SSSR count). The Hall–Kier alpha value is -1.13. The molecular formula is C13H18ClFN2O. The van der Waals surface area contributed by atoms with Crippen LogP contribution in [0.2, 0.25) is 0 Å². The van der Waals surface area contributed by atoms with Gasteiger partial charge >= 0.3 is 0 Å². The summed E-state index contributed by atoms with van der Waals surface area (Å²) in [6.07, 6.45) is 1.64. The molecular weight excluding hydrogens is 255 g/mol. The van der Waals surface area contributed by atoms with Crippen molar-refractivity contribution in [2.45, 2.75) is 25.8 Å². The van der Waals surface area contributed by atoms with Crippen LogP contribution in [0, 0.1) is 12.7 Å². The molecule has 0 atom stereocenters. The summed E-state index contributed by atoms with van der Waals surface area (Å²) in [6.45, 7) is 3.11. The molecule has 1 saturated heterocycles. The van der Waals surface area contributed by atoms with E-state index in [1.165, 1.54) is 12.1 Å². The molecule has 100 valence electrons. The third-order valence-electron chi connectivity index (χ3n) is 3.12. The fourth-order valence-electron chi connectivity index (χ4n) is 2.14. The summed E-state index contributed by atoms with van der Waals surface area (Å²) in [4.78, 5) is 13.9. The van der Waals surface area contributed by atoms with E-state index in [1.54, 1.807) is 17.9 Å². The Balaban J connectivity index is 0.00000162. The summed E-state index contributed by atoms with van der Waals surface area (Å²) in [5, 5.41) is 0. The van der Waals surface area contributed by atoms with Gasteiger partial charge in [0.05, 0.1) is 0 Å². The highest BCUT2D eigenvalue weighted by Crippen LogP contribution is 2.15. The average Bonchev–Trinajstić information content (AvgIpc) is 2.28. The summed E-state index contributed by atoms with van der Waals surface area (Å²) < 4.78 is 13.2. The molecule has 1 aliphatic heterocycles. The first-order chi connectivity index (χ1) is 8.06. The van der Waals surface area contributed by atoms with Crippen LogP contribution in [0.5, 0.6) is 0 Å². The van der Waals surface area contributed by atoms with E-state index in [4.69, 9.17) is 5.73 Å². The van der Waals surface area contributed by atoms with Gasteiger partial charge in [0, 0.05) is 24.7 Å². The molecule has 0 aromatic heterocycles. The Morgan fingerprint density at radius 2 is 1.94 bits per heavy atom. The van der Waals surface area contributed by atoms with E-state index in [0.717, 1.165) is 18.4 Å². The third kappa shape index (κ3) is 3.43. The highest BCUT2D eigenvalue weighted by Gasteiger charge is 2.21. The topological polar surface area (TPSA) is 46.3 Å². The maximum absolute atomic E-state index is 13.2. The Kier molecular flexibility index (Phi) is 5.11. The minimum Gasteiger partial charge on any atom is -0.339 e. The number of carbonyl (C=O) groups is 1. The molecule has 1 aromatic rings. The number of amides is 1. The molecule has 0 aliphatic carbocycles. The minimum atomic E-state index is -0.359. The monoisotopic (exact) mass is 272 g/mol. The van der Waals surface area contributed by atoms with Crippen molar-refractivity contribution in [1.82, 2.24) is 4.90 Å². The molecule has 0 spiro atoms. The van der Waals surface area contributed by atoms with Crippen molar-refractivity contribution < 1.29 is 9.18 Å². The van der Waals surface area contributed by atoms with Gasteiger partial charge in [-0.1, -0.05) is 0 Å². The Morgan fingerprint density at radius 1 is 1.33 bits per heavy atom. The lowest BCUT2D eigenvalue weighted by Gasteiger charge is -2.30. The van der Waals surface area contributed by atoms with Gasteiger partial charge in [-0.3, -0.25) is 4.79 Å². The zero-order valence-electron chi connectivity index (χ0n) is 10.4. The molecule has 1 amide bonds. The molecule has 3 nitrogen and oxygen atoms in total. The number of carbonyl (C=O) groups excluding carboxylic acids is 1. The van der Waals surface area contributed by atoms with Crippen LogP contribution in [-0.4, -0.2) is 29.9 Å². The van der Waals surface area contributed by atoms with E-state index in [9.17, 15) is 9.18 Å². The minimum absolute atomic E-state index is 0. The maximum Gasteiger partial charge on any atom is 0.253 e. The van der Waals surface area contributed by atoms with Crippen LogP contribution < -0.4 is 5.73 Å². The van der Waals surface area contributed by atoms with Gasteiger partial charge in [0.25, 0.3) is 5.91 Å². The first kappa shape index (κ1) is 14.9. The summed E-state index contributed by atoms with van der Waals surface area (Å²) in [7, 11) is 0. The fraction of sp³-hybridized carbons (Fsp3) is 0.462. The molecule has 0 radical (unpaired) electrons. The molecule has 2 N–H and O–H groups in total. The number of benzene rings is 1. The number of nitrogens with zero attached hydrogens (tertiary/aromatic N) is 1. The van der Waals surface area contributed by atoms with Gasteiger partial charge in [-0.15, -0.1) is 12.4 Å². The van der Waals surface area contributed by atoms with Gasteiger partial charge in [0.15, 0.2) is 0 Å². The summed E-state index contributed by atoms with van der Waals surface area (Å²) in [5.41, 5.74) is 6.98. The van der Waals surface area contributed by atoms with Crippen LogP contribution in [0.4, 0.5) is 4.39 Å². The van der Waals surface area contributed by atoms with Crippen LogP contribution in [0.3, 0.4) is 0 Å². The number of aryl methyl sites for hydroxylation is 1. The van der Waals surface area contributed by atoms with E-state index in [1.807, 2.05) is 0 Å². The standard InChI is InChI=1S/C13H17FN2O.ClH/c1-9-6-10(8-11(14)7-9)13(17)16-4-2-12(15)3-5-16;/h6-8,12H,2-5,15H2,1H3;1H. The van der Waals surface area contributed by atoms with Crippen molar-refractivity contribution in [3.8, 4) is 0 Å². The van der Waals surface area contributed by atoms with Gasteiger partial charge in [-0.2, -0.15) is 0 Å². The number of hydrogen-bond acceptors (Lipinski definition) is 2. The molecule has 0 unspecified atom stereocenters. The highest BCUT2D eigenvalue weighted by molar-refractivity contribution is 5.94. The van der Waals surface area contributed by atoms with Crippen molar-refractivity contribution in [3.63, 3.8) is 0 Å². The summed E-state index contributed by atoms with van der Waals surface area (Å²) in [5.74, 6) is -0.457. The zero-order chi connectivity index (χ0) is 12.4. The number of piperidine rings is 1. The van der Waals surface area contributed by atoms with Crippen LogP contribution >= 0.6 is 12.4 Å². The second-order valence-electron chi connectivity index (χ2n) is 4.65. The van der Waals surface area contributed by atoms with Crippen molar-refractivity contribution >= 4 is 18.3 Å². The molecule has 1 aromatic carbocycles. The van der Waals surface area contributed by atoms with Crippen molar-refractivity contribution in [1.29, 1.82) is 0 Å². The number of hydrogen-bond donors (Lipinski definition) is 1. The van der Waals surface area contributed by atoms with Crippen LogP contribution in [0.25, 0.3) is 0 Å². The smallest absolute Gasteiger partial charge is 0.253 e. The van der Waals surface area contributed by atoms with E-state index in [0.29, 0.717) is 18.7 Å². The Labute approximate surface area is 113 Å². The highest BCUT2D eigenvalue weighted by atomic mass is 35.5. The normalized spacial score (nSPS) is 16.3. The van der Waals surface area contributed by atoms with Crippen LogP contribution in [0.15, 0.2) is 18.2 Å². The van der Waals surface area contributed by atoms with E-state index in [2.05, 4.69) is 0 Å². The van der Waals surface area contributed by atoms with E-state index >= 15 is 0 Å². The molecule has 0 saturated carbocycles. The first-order valence-corrected chi connectivity index (χ1v) is 5.88. The number of nitrogens with two attached hydrogens (primary N) is 1. The quantitative estimate of drug-likeness (QED) is 0.851. The molecule has 1 fully saturated rings. The Morgan fingerprint density at radius 3 is 2.50 bits per heavy atom. The van der Waals surface area contributed by atoms with Crippen molar-refractivity contribution in [2.24, 2.45) is 5.73 Å². The zero-order valence-corrected chi connectivity index (χ0v) is 11.2. The predicted octanol–water partition coefficient (Wildman–Crippen LogP) is 2.12. The molecule has 5 heteroatoms. The summed E-state index contributed by atoms with van der Waals surface area (Å²) >= 11 is 0. The number of likely N-dealkylation sites (tertiary alicyclic amines) is 1. The van der Waals surface area contributed by atoms with Crippen molar-refractivity contribution in [2.75, 3.05) is 13.1 Å². The van der Waals surface area contributed by atoms with E-state index in [-0.39, 0.29) is 30.2 Å². The SMILES string of the molecule is Cc1cc(F)cc(C(=O)N2CCC(N)CC2)c1.Cl. The van der Waals surface area contributed by atoms with Gasteiger partial charge in [0.2, 0.25) is 0 Å². The largest absolute Gasteiger partial charge is 0.339 e. The van der Waals surface area contributed by atoms with Gasteiger partial charge in [-0.25, -0.2) is 4.39 Å². The predicted molar refractivity (Wildman–Crippen MR) is 71.5 cm³/mol. The second kappa shape index (κ2) is 6.16. The van der Waals surface area contributed by atoms with Crippen LogP contribution in [-0.2, 0) is 0 Å². The third-order valence-corrected chi connectivity index (χ3v) is 3.12. The fourth-order valence-corrected chi connectivity index (χ4v) is 2.14. The summed E-state index contributed by atoms with van der Waals surface area (Å²) in [6, 6.07) is 4.63. The van der Waals surface area contributed by atoms with E-state index < -0.39 is 0 Å². The first-order valence-electron chi connectivity index (χ1n) is 5.88. The lowest BCUT2D eigenvalue weighted by Crippen LogP contribution is -2.42. The Bertz CT molecular complexity index is 411. The average molecular weight is 273 g/mol. The molecule has 1 heterocycles. The molecule has 0 bridgehead atoms. The lowest BCUT2D eigenvalue weighted by molar-refractivity contribution is 0.0714. The lowest BCUT2D eigenvalue weighted by atomic mass is 10.0. The maximum atomic E-state index is 13.2. The second-order valence-corrected chi connectivity index (χ2v) is 4.65. The van der Waals surface area contributed by atoms with Gasteiger partial charge < -0.3 is 10.6 Å².